The molecule has 2 N–H and O–H groups in total. The van der Waals surface area contributed by atoms with Gasteiger partial charge in [-0.15, -0.1) is 0 Å². The first kappa shape index (κ1) is 10.0. The minimum absolute atomic E-state index is 0.0234. The number of aryl methyl sites for hydroxylation is 1. The molecule has 0 saturated heterocycles. The molecule has 72 valence electrons. The lowest BCUT2D eigenvalue weighted by Gasteiger charge is -2.02. The fourth-order valence-electron chi connectivity index (χ4n) is 0.988. The van der Waals surface area contributed by atoms with Gasteiger partial charge in [-0.2, -0.15) is 5.10 Å². The number of aromatic nitrogens is 2. The molecule has 13 heavy (non-hydrogen) atoms. The fourth-order valence-corrected chi connectivity index (χ4v) is 1.43. The molecule has 0 spiro atoms. The van der Waals surface area contributed by atoms with Gasteiger partial charge in [-0.1, -0.05) is 0 Å². The lowest BCUT2D eigenvalue weighted by atomic mass is 10.5. The second kappa shape index (κ2) is 3.78. The summed E-state index contributed by atoms with van der Waals surface area (Å²) in [5.74, 6) is 0.0598. The van der Waals surface area contributed by atoms with Gasteiger partial charge < -0.3 is 10.5 Å². The predicted molar refractivity (Wildman–Crippen MR) is 50.4 cm³/mol. The Labute approximate surface area is 84.0 Å². The summed E-state index contributed by atoms with van der Waals surface area (Å²) in [6.07, 6.45) is 0. The Kier molecular flexibility index (Phi) is 2.92. The normalized spacial score (nSPS) is 10.1. The van der Waals surface area contributed by atoms with E-state index in [9.17, 15) is 4.79 Å². The summed E-state index contributed by atoms with van der Waals surface area (Å²) in [7, 11) is 1.51. The third-order valence-corrected chi connectivity index (χ3v) is 2.42. The number of primary amides is 1. The monoisotopic (exact) mass is 247 g/mol. The molecule has 0 aliphatic rings. The van der Waals surface area contributed by atoms with Crippen LogP contribution < -0.4 is 10.5 Å². The van der Waals surface area contributed by atoms with E-state index in [4.69, 9.17) is 10.5 Å². The van der Waals surface area contributed by atoms with Gasteiger partial charge in [0.15, 0.2) is 0 Å². The van der Waals surface area contributed by atoms with Crippen LogP contribution in [0, 0.1) is 6.92 Å². The second-order valence-corrected chi connectivity index (χ2v) is 3.33. The van der Waals surface area contributed by atoms with Crippen molar-refractivity contribution in [2.45, 2.75) is 13.5 Å². The smallest absolute Gasteiger partial charge is 0.239 e. The van der Waals surface area contributed by atoms with E-state index < -0.39 is 5.91 Å². The third-order valence-electron chi connectivity index (χ3n) is 1.51. The van der Waals surface area contributed by atoms with Crippen LogP contribution in [0.2, 0.25) is 0 Å². The fraction of sp³-hybridized carbons (Fsp3) is 0.429. The van der Waals surface area contributed by atoms with Gasteiger partial charge >= 0.3 is 0 Å². The van der Waals surface area contributed by atoms with Crippen molar-refractivity contribution in [3.8, 4) is 5.88 Å². The van der Waals surface area contributed by atoms with Crippen molar-refractivity contribution in [3.05, 3.63) is 10.2 Å². The van der Waals surface area contributed by atoms with Crippen LogP contribution in [0.5, 0.6) is 5.88 Å². The zero-order valence-electron chi connectivity index (χ0n) is 7.37. The summed E-state index contributed by atoms with van der Waals surface area (Å²) in [6, 6.07) is 0. The quantitative estimate of drug-likeness (QED) is 0.844. The zero-order valence-corrected chi connectivity index (χ0v) is 8.96. The van der Waals surface area contributed by atoms with Crippen LogP contribution >= 0.6 is 15.9 Å². The number of carbonyl (C=O) groups excluding carboxylic acids is 1. The van der Waals surface area contributed by atoms with Gasteiger partial charge in [0.25, 0.3) is 0 Å². The maximum Gasteiger partial charge on any atom is 0.239 e. The number of hydrogen-bond acceptors (Lipinski definition) is 3. The number of ether oxygens (including phenoxy) is 1. The third kappa shape index (κ3) is 2.00. The molecule has 0 unspecified atom stereocenters. The largest absolute Gasteiger partial charge is 0.480 e. The predicted octanol–water partition coefficient (Wildman–Crippen LogP) is 0.448. The molecule has 0 bridgehead atoms. The summed E-state index contributed by atoms with van der Waals surface area (Å²) in [5, 5.41) is 4.07. The van der Waals surface area contributed by atoms with Crippen molar-refractivity contribution in [2.24, 2.45) is 5.73 Å². The van der Waals surface area contributed by atoms with E-state index in [0.29, 0.717) is 5.88 Å². The van der Waals surface area contributed by atoms with E-state index in [1.54, 1.807) is 0 Å². The van der Waals surface area contributed by atoms with Crippen molar-refractivity contribution in [3.63, 3.8) is 0 Å². The first-order valence-electron chi connectivity index (χ1n) is 3.61. The number of hydrogen-bond donors (Lipinski definition) is 1. The maximum atomic E-state index is 10.6. The summed E-state index contributed by atoms with van der Waals surface area (Å²) in [4.78, 5) is 10.6. The van der Waals surface area contributed by atoms with Crippen molar-refractivity contribution in [1.29, 1.82) is 0 Å². The molecule has 1 rings (SSSR count). The molecule has 0 radical (unpaired) electrons. The first-order chi connectivity index (χ1) is 6.06. The van der Waals surface area contributed by atoms with Crippen LogP contribution in [-0.4, -0.2) is 22.8 Å². The molecule has 5 nitrogen and oxygen atoms in total. The average Bonchev–Trinajstić information content (AvgIpc) is 2.27. The lowest BCUT2D eigenvalue weighted by molar-refractivity contribution is -0.118. The molecule has 1 amide bonds. The molecule has 6 heteroatoms. The molecule has 0 aliphatic carbocycles. The van der Waals surface area contributed by atoms with Gasteiger partial charge in [0.05, 0.1) is 12.8 Å². The molecular formula is C7H10BrN3O2. The summed E-state index contributed by atoms with van der Waals surface area (Å²) in [6.45, 7) is 1.83. The zero-order chi connectivity index (χ0) is 10.0. The number of amides is 1. The highest BCUT2D eigenvalue weighted by atomic mass is 79.9. The Balaban J connectivity index is 3.06. The van der Waals surface area contributed by atoms with Crippen molar-refractivity contribution in [1.82, 2.24) is 9.78 Å². The maximum absolute atomic E-state index is 10.6. The van der Waals surface area contributed by atoms with E-state index >= 15 is 0 Å². The van der Waals surface area contributed by atoms with Crippen LogP contribution in [0.1, 0.15) is 5.69 Å². The molecule has 0 aliphatic heterocycles. The number of halogens is 1. The van der Waals surface area contributed by atoms with Crippen LogP contribution in [-0.2, 0) is 11.3 Å². The average molecular weight is 248 g/mol. The molecular weight excluding hydrogens is 238 g/mol. The molecule has 1 aromatic rings. The van der Waals surface area contributed by atoms with Crippen LogP contribution in [0.15, 0.2) is 4.47 Å². The Morgan fingerprint density at radius 1 is 1.77 bits per heavy atom. The highest BCUT2D eigenvalue weighted by Gasteiger charge is 2.14. The van der Waals surface area contributed by atoms with Crippen molar-refractivity contribution < 1.29 is 9.53 Å². The Hall–Kier alpha value is -1.04. The van der Waals surface area contributed by atoms with E-state index in [1.165, 1.54) is 11.8 Å². The number of carbonyl (C=O) groups is 1. The van der Waals surface area contributed by atoms with Gasteiger partial charge in [0, 0.05) is 0 Å². The molecule has 1 aromatic heterocycles. The van der Waals surface area contributed by atoms with Gasteiger partial charge in [0.1, 0.15) is 11.0 Å². The number of methoxy groups -OCH3 is 1. The van der Waals surface area contributed by atoms with Crippen molar-refractivity contribution in [2.75, 3.05) is 7.11 Å². The molecule has 0 atom stereocenters. The van der Waals surface area contributed by atoms with E-state index in [0.717, 1.165) is 10.2 Å². The van der Waals surface area contributed by atoms with Gasteiger partial charge in [-0.3, -0.25) is 4.79 Å². The molecule has 1 heterocycles. The van der Waals surface area contributed by atoms with Crippen molar-refractivity contribution >= 4 is 21.8 Å². The summed E-state index contributed by atoms with van der Waals surface area (Å²) in [5.41, 5.74) is 5.80. The topological polar surface area (TPSA) is 70.1 Å². The van der Waals surface area contributed by atoms with E-state index in [2.05, 4.69) is 21.0 Å². The van der Waals surface area contributed by atoms with Crippen LogP contribution in [0.25, 0.3) is 0 Å². The standard InChI is InChI=1S/C7H10BrN3O2/c1-4-6(8)7(13-2)11(10-4)3-5(9)12/h3H2,1-2H3,(H2,9,12). The Morgan fingerprint density at radius 3 is 2.85 bits per heavy atom. The van der Waals surface area contributed by atoms with E-state index in [-0.39, 0.29) is 6.54 Å². The van der Waals surface area contributed by atoms with Crippen LogP contribution in [0.4, 0.5) is 0 Å². The minimum atomic E-state index is -0.451. The lowest BCUT2D eigenvalue weighted by Crippen LogP contribution is -2.20. The van der Waals surface area contributed by atoms with Gasteiger partial charge in [0.2, 0.25) is 11.8 Å². The number of rotatable bonds is 3. The Morgan fingerprint density at radius 2 is 2.38 bits per heavy atom. The van der Waals surface area contributed by atoms with E-state index in [1.807, 2.05) is 6.92 Å². The minimum Gasteiger partial charge on any atom is -0.480 e. The highest BCUT2D eigenvalue weighted by Crippen LogP contribution is 2.27. The number of nitrogens with zero attached hydrogens (tertiary/aromatic N) is 2. The Bertz CT molecular complexity index is 335. The van der Waals surface area contributed by atoms with Crippen LogP contribution in [0.3, 0.4) is 0 Å². The second-order valence-electron chi connectivity index (χ2n) is 2.53. The number of nitrogens with two attached hydrogens (primary N) is 1. The highest BCUT2D eigenvalue weighted by molar-refractivity contribution is 9.10. The molecule has 0 aromatic carbocycles. The molecule has 0 fully saturated rings. The van der Waals surface area contributed by atoms with Gasteiger partial charge in [-0.25, -0.2) is 4.68 Å². The summed E-state index contributed by atoms with van der Waals surface area (Å²) < 4.78 is 7.21. The molecule has 0 saturated carbocycles. The first-order valence-corrected chi connectivity index (χ1v) is 4.40. The van der Waals surface area contributed by atoms with Gasteiger partial charge in [-0.05, 0) is 22.9 Å². The SMILES string of the molecule is COc1c(Br)c(C)nn1CC(N)=O. The summed E-state index contributed by atoms with van der Waals surface area (Å²) >= 11 is 3.29.